The number of hydrogen-bond acceptors (Lipinski definition) is 2. The van der Waals surface area contributed by atoms with E-state index in [-0.39, 0.29) is 11.9 Å². The lowest BCUT2D eigenvalue weighted by molar-refractivity contribution is -0.156. The van der Waals surface area contributed by atoms with Crippen LogP contribution in [-0.2, 0) is 9.53 Å². The SMILES string of the molecule is CCCCC(=O)OC1(C)C=CC=CC1C. The quantitative estimate of drug-likeness (QED) is 0.663. The lowest BCUT2D eigenvalue weighted by Crippen LogP contribution is -2.36. The van der Waals surface area contributed by atoms with Crippen LogP contribution in [0.2, 0.25) is 0 Å². The molecule has 2 heteroatoms. The predicted octanol–water partition coefficient (Wildman–Crippen LogP) is 3.24. The minimum atomic E-state index is -0.459. The fraction of sp³-hybridized carbons (Fsp3) is 0.615. The Labute approximate surface area is 92.0 Å². The molecule has 0 radical (unpaired) electrons. The van der Waals surface area contributed by atoms with Gasteiger partial charge in [0.1, 0.15) is 5.60 Å². The minimum Gasteiger partial charge on any atom is -0.454 e. The van der Waals surface area contributed by atoms with Crippen molar-refractivity contribution in [3.05, 3.63) is 24.3 Å². The average molecular weight is 208 g/mol. The normalized spacial score (nSPS) is 29.1. The van der Waals surface area contributed by atoms with Crippen LogP contribution in [0.3, 0.4) is 0 Å². The molecule has 1 aliphatic carbocycles. The van der Waals surface area contributed by atoms with E-state index < -0.39 is 5.60 Å². The van der Waals surface area contributed by atoms with Crippen molar-refractivity contribution < 1.29 is 9.53 Å². The van der Waals surface area contributed by atoms with Crippen molar-refractivity contribution in [2.75, 3.05) is 0 Å². The molecule has 0 N–H and O–H groups in total. The number of ether oxygens (including phenoxy) is 1. The Bertz CT molecular complexity index is 278. The van der Waals surface area contributed by atoms with E-state index in [1.165, 1.54) is 0 Å². The summed E-state index contributed by atoms with van der Waals surface area (Å²) in [6, 6.07) is 0. The fourth-order valence-electron chi connectivity index (χ4n) is 1.56. The molecule has 0 aromatic rings. The molecular weight excluding hydrogens is 188 g/mol. The zero-order valence-electron chi connectivity index (χ0n) is 9.82. The lowest BCUT2D eigenvalue weighted by atomic mass is 9.87. The Kier molecular flexibility index (Phi) is 4.13. The second-order valence-electron chi connectivity index (χ2n) is 4.29. The Morgan fingerprint density at radius 2 is 2.20 bits per heavy atom. The largest absolute Gasteiger partial charge is 0.454 e. The van der Waals surface area contributed by atoms with Gasteiger partial charge >= 0.3 is 5.97 Å². The van der Waals surface area contributed by atoms with Crippen molar-refractivity contribution in [1.29, 1.82) is 0 Å². The zero-order chi connectivity index (χ0) is 11.3. The van der Waals surface area contributed by atoms with Crippen molar-refractivity contribution in [3.63, 3.8) is 0 Å². The Hall–Kier alpha value is -1.05. The molecule has 0 aromatic carbocycles. The molecule has 0 saturated carbocycles. The maximum Gasteiger partial charge on any atom is 0.306 e. The van der Waals surface area contributed by atoms with E-state index >= 15 is 0 Å². The number of carbonyl (C=O) groups is 1. The summed E-state index contributed by atoms with van der Waals surface area (Å²) in [7, 11) is 0. The van der Waals surface area contributed by atoms with E-state index in [0.29, 0.717) is 6.42 Å². The molecule has 1 rings (SSSR count). The average Bonchev–Trinajstić information content (AvgIpc) is 2.20. The molecule has 1 aliphatic rings. The third-order valence-electron chi connectivity index (χ3n) is 2.91. The van der Waals surface area contributed by atoms with E-state index in [1.54, 1.807) is 0 Å². The molecule has 15 heavy (non-hydrogen) atoms. The molecule has 0 heterocycles. The number of unbranched alkanes of at least 4 members (excludes halogenated alkanes) is 1. The Balaban J connectivity index is 2.52. The molecular formula is C13H20O2. The highest BCUT2D eigenvalue weighted by atomic mass is 16.6. The third kappa shape index (κ3) is 3.22. The zero-order valence-corrected chi connectivity index (χ0v) is 9.82. The van der Waals surface area contributed by atoms with Gasteiger partial charge < -0.3 is 4.74 Å². The number of rotatable bonds is 4. The molecule has 0 amide bonds. The Morgan fingerprint density at radius 1 is 1.47 bits per heavy atom. The highest BCUT2D eigenvalue weighted by Crippen LogP contribution is 2.28. The van der Waals surface area contributed by atoms with E-state index in [9.17, 15) is 4.79 Å². The van der Waals surface area contributed by atoms with Crippen molar-refractivity contribution in [3.8, 4) is 0 Å². The van der Waals surface area contributed by atoms with Gasteiger partial charge in [0, 0.05) is 12.3 Å². The first kappa shape index (κ1) is 12.0. The van der Waals surface area contributed by atoms with Crippen LogP contribution in [0.4, 0.5) is 0 Å². The summed E-state index contributed by atoms with van der Waals surface area (Å²) >= 11 is 0. The van der Waals surface area contributed by atoms with Gasteiger partial charge in [-0.15, -0.1) is 0 Å². The molecule has 2 atom stereocenters. The summed E-state index contributed by atoms with van der Waals surface area (Å²) in [5.41, 5.74) is -0.459. The highest BCUT2D eigenvalue weighted by molar-refractivity contribution is 5.70. The number of allylic oxidation sites excluding steroid dienone is 2. The van der Waals surface area contributed by atoms with Crippen molar-refractivity contribution in [1.82, 2.24) is 0 Å². The molecule has 0 spiro atoms. The van der Waals surface area contributed by atoms with Gasteiger partial charge in [-0.1, -0.05) is 38.5 Å². The van der Waals surface area contributed by atoms with Crippen LogP contribution in [0.15, 0.2) is 24.3 Å². The molecule has 0 fully saturated rings. The fourth-order valence-corrected chi connectivity index (χ4v) is 1.56. The Morgan fingerprint density at radius 3 is 2.80 bits per heavy atom. The topological polar surface area (TPSA) is 26.3 Å². The standard InChI is InChI=1S/C13H20O2/c1-4-5-9-12(14)15-13(3)10-7-6-8-11(13)2/h6-8,10-11H,4-5,9H2,1-3H3. The van der Waals surface area contributed by atoms with Gasteiger partial charge in [-0.2, -0.15) is 0 Å². The van der Waals surface area contributed by atoms with Crippen LogP contribution >= 0.6 is 0 Å². The van der Waals surface area contributed by atoms with Gasteiger partial charge in [0.15, 0.2) is 0 Å². The molecule has 0 bridgehead atoms. The molecule has 2 nitrogen and oxygen atoms in total. The van der Waals surface area contributed by atoms with Crippen LogP contribution in [0, 0.1) is 5.92 Å². The van der Waals surface area contributed by atoms with Crippen LogP contribution in [0.5, 0.6) is 0 Å². The van der Waals surface area contributed by atoms with Crippen LogP contribution in [-0.4, -0.2) is 11.6 Å². The molecule has 84 valence electrons. The predicted molar refractivity (Wildman–Crippen MR) is 61.5 cm³/mol. The highest BCUT2D eigenvalue weighted by Gasteiger charge is 2.31. The van der Waals surface area contributed by atoms with E-state index in [2.05, 4.69) is 19.9 Å². The maximum absolute atomic E-state index is 11.5. The van der Waals surface area contributed by atoms with Crippen LogP contribution < -0.4 is 0 Å². The van der Waals surface area contributed by atoms with E-state index in [1.807, 2.05) is 25.2 Å². The molecule has 0 saturated heterocycles. The summed E-state index contributed by atoms with van der Waals surface area (Å²) in [6.45, 7) is 6.09. The van der Waals surface area contributed by atoms with Crippen molar-refractivity contribution in [2.24, 2.45) is 5.92 Å². The second kappa shape index (κ2) is 5.15. The minimum absolute atomic E-state index is 0.0915. The summed E-state index contributed by atoms with van der Waals surface area (Å²) < 4.78 is 5.52. The van der Waals surface area contributed by atoms with Gasteiger partial charge in [-0.3, -0.25) is 4.79 Å². The van der Waals surface area contributed by atoms with Gasteiger partial charge in [0.25, 0.3) is 0 Å². The van der Waals surface area contributed by atoms with Crippen molar-refractivity contribution in [2.45, 2.75) is 45.6 Å². The third-order valence-corrected chi connectivity index (χ3v) is 2.91. The first-order valence-corrected chi connectivity index (χ1v) is 5.66. The summed E-state index contributed by atoms with van der Waals surface area (Å²) in [5, 5.41) is 0. The molecule has 2 unspecified atom stereocenters. The summed E-state index contributed by atoms with van der Waals surface area (Å²) in [5.74, 6) is 0.152. The van der Waals surface area contributed by atoms with Gasteiger partial charge in [0.05, 0.1) is 0 Å². The lowest BCUT2D eigenvalue weighted by Gasteiger charge is -2.32. The smallest absolute Gasteiger partial charge is 0.306 e. The second-order valence-corrected chi connectivity index (χ2v) is 4.29. The van der Waals surface area contributed by atoms with Crippen molar-refractivity contribution >= 4 is 5.97 Å². The summed E-state index contributed by atoms with van der Waals surface area (Å²) in [4.78, 5) is 11.5. The van der Waals surface area contributed by atoms with Crippen LogP contribution in [0.25, 0.3) is 0 Å². The van der Waals surface area contributed by atoms with Crippen LogP contribution in [0.1, 0.15) is 40.0 Å². The first-order valence-electron chi connectivity index (χ1n) is 5.66. The first-order chi connectivity index (χ1) is 7.08. The maximum atomic E-state index is 11.5. The van der Waals surface area contributed by atoms with Gasteiger partial charge in [-0.05, 0) is 19.4 Å². The van der Waals surface area contributed by atoms with Gasteiger partial charge in [-0.25, -0.2) is 0 Å². The number of hydrogen-bond donors (Lipinski definition) is 0. The monoisotopic (exact) mass is 208 g/mol. The molecule has 0 aromatic heterocycles. The van der Waals surface area contributed by atoms with Gasteiger partial charge in [0.2, 0.25) is 0 Å². The van der Waals surface area contributed by atoms with E-state index in [4.69, 9.17) is 4.74 Å². The van der Waals surface area contributed by atoms with E-state index in [0.717, 1.165) is 12.8 Å². The number of carbonyl (C=O) groups excluding carboxylic acids is 1. The number of esters is 1. The summed E-state index contributed by atoms with van der Waals surface area (Å²) in [6.07, 6.45) is 10.4. The molecule has 0 aliphatic heterocycles.